The highest BCUT2D eigenvalue weighted by molar-refractivity contribution is 5.80. The number of carbonyl (C=O) groups is 2. The van der Waals surface area contributed by atoms with E-state index >= 15 is 0 Å². The van der Waals surface area contributed by atoms with Gasteiger partial charge in [0, 0.05) is 12.1 Å². The first-order valence-electron chi connectivity index (χ1n) is 9.04. The highest BCUT2D eigenvalue weighted by atomic mass is 16.6. The van der Waals surface area contributed by atoms with E-state index in [2.05, 4.69) is 5.92 Å². The minimum Gasteiger partial charge on any atom is -0.489 e. The third-order valence-corrected chi connectivity index (χ3v) is 3.83. The lowest BCUT2D eigenvalue weighted by molar-refractivity contribution is -0.140. The predicted molar refractivity (Wildman–Crippen MR) is 102 cm³/mol. The van der Waals surface area contributed by atoms with Crippen LogP contribution in [0.2, 0.25) is 0 Å². The van der Waals surface area contributed by atoms with Crippen molar-refractivity contribution in [2.75, 3.05) is 70.8 Å². The van der Waals surface area contributed by atoms with E-state index in [1.807, 2.05) is 0 Å². The number of terminal acetylenes is 1. The van der Waals surface area contributed by atoms with Crippen molar-refractivity contribution in [3.63, 3.8) is 0 Å². The molecule has 0 saturated heterocycles. The van der Waals surface area contributed by atoms with E-state index in [9.17, 15) is 9.59 Å². The normalized spacial score (nSPS) is 16.5. The quantitative estimate of drug-likeness (QED) is 0.426. The van der Waals surface area contributed by atoms with E-state index < -0.39 is 5.97 Å². The molecule has 1 aromatic carbocycles. The summed E-state index contributed by atoms with van der Waals surface area (Å²) in [4.78, 5) is 25.0. The first kappa shape index (κ1) is 21.7. The number of ether oxygens (including phenoxy) is 5. The molecule has 8 heteroatoms. The molecule has 28 heavy (non-hydrogen) atoms. The van der Waals surface area contributed by atoms with E-state index in [0.29, 0.717) is 69.8 Å². The van der Waals surface area contributed by atoms with Gasteiger partial charge in [-0.3, -0.25) is 9.59 Å². The van der Waals surface area contributed by atoms with Gasteiger partial charge in [0.05, 0.1) is 45.3 Å². The van der Waals surface area contributed by atoms with Gasteiger partial charge in [-0.15, -0.1) is 6.42 Å². The van der Waals surface area contributed by atoms with Gasteiger partial charge in [0.2, 0.25) is 0 Å². The van der Waals surface area contributed by atoms with Crippen LogP contribution in [0.1, 0.15) is 10.4 Å². The zero-order valence-electron chi connectivity index (χ0n) is 15.8. The van der Waals surface area contributed by atoms with Crippen molar-refractivity contribution in [3.8, 4) is 18.1 Å². The Kier molecular flexibility index (Phi) is 9.86. The van der Waals surface area contributed by atoms with Crippen molar-refractivity contribution in [3.05, 3.63) is 23.8 Å². The predicted octanol–water partition coefficient (Wildman–Crippen LogP) is 0.924. The molecule has 0 atom stereocenters. The zero-order chi connectivity index (χ0) is 20.0. The first-order chi connectivity index (χ1) is 13.7. The van der Waals surface area contributed by atoms with Crippen molar-refractivity contribution >= 4 is 17.9 Å². The van der Waals surface area contributed by atoms with Crippen molar-refractivity contribution in [1.29, 1.82) is 0 Å². The SMILES string of the molecule is C#CCOC(=O)CN1CCOCCOCCOCCOc2cc(C=O)ccc21. The summed E-state index contributed by atoms with van der Waals surface area (Å²) in [7, 11) is 0. The number of hydrogen-bond donors (Lipinski definition) is 0. The smallest absolute Gasteiger partial charge is 0.326 e. The summed E-state index contributed by atoms with van der Waals surface area (Å²) < 4.78 is 27.2. The number of hydrogen-bond acceptors (Lipinski definition) is 8. The van der Waals surface area contributed by atoms with E-state index in [1.165, 1.54) is 0 Å². The maximum atomic E-state index is 12.1. The number of carbonyl (C=O) groups excluding carboxylic acids is 2. The largest absolute Gasteiger partial charge is 0.489 e. The van der Waals surface area contributed by atoms with Crippen LogP contribution in [0.3, 0.4) is 0 Å². The van der Waals surface area contributed by atoms with Gasteiger partial charge >= 0.3 is 5.97 Å². The molecule has 1 heterocycles. The molecule has 0 unspecified atom stereocenters. The lowest BCUT2D eigenvalue weighted by Crippen LogP contribution is -2.34. The fourth-order valence-electron chi connectivity index (χ4n) is 2.52. The van der Waals surface area contributed by atoms with Gasteiger partial charge in [-0.2, -0.15) is 0 Å². The summed E-state index contributed by atoms with van der Waals surface area (Å²) in [5.74, 6) is 2.28. The Balaban J connectivity index is 2.20. The van der Waals surface area contributed by atoms with Crippen LogP contribution in [0, 0.1) is 12.3 Å². The van der Waals surface area contributed by atoms with Crippen molar-refractivity contribution in [1.82, 2.24) is 0 Å². The van der Waals surface area contributed by atoms with E-state index in [0.717, 1.165) is 6.29 Å². The van der Waals surface area contributed by atoms with Crippen LogP contribution in [-0.4, -0.2) is 78.2 Å². The third kappa shape index (κ3) is 7.56. The third-order valence-electron chi connectivity index (χ3n) is 3.83. The molecule has 0 amide bonds. The second kappa shape index (κ2) is 12.7. The van der Waals surface area contributed by atoms with Crippen LogP contribution in [0.4, 0.5) is 5.69 Å². The molecule has 0 saturated carbocycles. The molecule has 152 valence electrons. The Bertz CT molecular complexity index is 671. The minimum atomic E-state index is -0.465. The summed E-state index contributed by atoms with van der Waals surface area (Å²) >= 11 is 0. The van der Waals surface area contributed by atoms with Gasteiger partial charge in [0.15, 0.2) is 6.61 Å². The zero-order valence-corrected chi connectivity index (χ0v) is 15.8. The Morgan fingerprint density at radius 1 is 1.11 bits per heavy atom. The molecule has 1 aromatic rings. The molecule has 0 radical (unpaired) electrons. The number of benzene rings is 1. The molecule has 1 aliphatic heterocycles. The van der Waals surface area contributed by atoms with Crippen LogP contribution in [0.5, 0.6) is 5.75 Å². The summed E-state index contributed by atoms with van der Waals surface area (Å²) in [5, 5.41) is 0. The second-order valence-electron chi connectivity index (χ2n) is 5.82. The molecular formula is C20H25NO7. The molecule has 2 rings (SSSR count). The Labute approximate surface area is 164 Å². The average Bonchev–Trinajstić information content (AvgIpc) is 2.72. The van der Waals surface area contributed by atoms with E-state index in [1.54, 1.807) is 23.1 Å². The molecular weight excluding hydrogens is 366 g/mol. The van der Waals surface area contributed by atoms with E-state index in [4.69, 9.17) is 30.1 Å². The minimum absolute atomic E-state index is 0.0329. The summed E-state index contributed by atoms with van der Waals surface area (Å²) in [5.41, 5.74) is 1.12. The maximum Gasteiger partial charge on any atom is 0.326 e. The molecule has 0 aliphatic carbocycles. The fourth-order valence-corrected chi connectivity index (χ4v) is 2.52. The van der Waals surface area contributed by atoms with Gasteiger partial charge in [-0.1, -0.05) is 5.92 Å². The van der Waals surface area contributed by atoms with Gasteiger partial charge in [0.25, 0.3) is 0 Å². The van der Waals surface area contributed by atoms with Crippen molar-refractivity contribution in [2.24, 2.45) is 0 Å². The highest BCUT2D eigenvalue weighted by Gasteiger charge is 2.18. The topological polar surface area (TPSA) is 83.5 Å². The van der Waals surface area contributed by atoms with Crippen LogP contribution >= 0.6 is 0 Å². The molecule has 8 nitrogen and oxygen atoms in total. The van der Waals surface area contributed by atoms with E-state index in [-0.39, 0.29) is 13.2 Å². The molecule has 0 N–H and O–H groups in total. The van der Waals surface area contributed by atoms with Crippen LogP contribution in [0.25, 0.3) is 0 Å². The Morgan fingerprint density at radius 2 is 1.79 bits per heavy atom. The van der Waals surface area contributed by atoms with Crippen molar-refractivity contribution in [2.45, 2.75) is 0 Å². The molecule has 0 bridgehead atoms. The number of fused-ring (bicyclic) bond motifs is 1. The summed E-state index contributed by atoms with van der Waals surface area (Å²) in [6, 6.07) is 5.02. The maximum absolute atomic E-state index is 12.1. The monoisotopic (exact) mass is 391 g/mol. The fraction of sp³-hybridized carbons (Fsp3) is 0.500. The summed E-state index contributed by atoms with van der Waals surface area (Å²) in [6.45, 7) is 3.15. The standard InChI is InChI=1S/C20H25NO7/c1-2-6-28-20(23)15-21-5-7-24-8-9-25-10-11-26-12-13-27-19-14-17(16-22)3-4-18(19)21/h1,3-4,14,16H,5-13,15H2. The average molecular weight is 391 g/mol. The van der Waals surface area contributed by atoms with Gasteiger partial charge < -0.3 is 28.6 Å². The molecule has 0 aromatic heterocycles. The summed E-state index contributed by atoms with van der Waals surface area (Å²) in [6.07, 6.45) is 5.87. The van der Waals surface area contributed by atoms with Gasteiger partial charge in [0.1, 0.15) is 25.2 Å². The first-order valence-corrected chi connectivity index (χ1v) is 9.04. The Morgan fingerprint density at radius 3 is 2.46 bits per heavy atom. The number of esters is 1. The number of nitrogens with zero attached hydrogens (tertiary/aromatic N) is 1. The second-order valence-corrected chi connectivity index (χ2v) is 5.82. The van der Waals surface area contributed by atoms with Gasteiger partial charge in [-0.05, 0) is 18.2 Å². The lowest BCUT2D eigenvalue weighted by atomic mass is 10.2. The molecule has 1 aliphatic rings. The molecule has 0 fully saturated rings. The lowest BCUT2D eigenvalue weighted by Gasteiger charge is -2.26. The van der Waals surface area contributed by atoms with Crippen LogP contribution < -0.4 is 9.64 Å². The number of rotatable bonds is 4. The Hall–Kier alpha value is -2.60. The van der Waals surface area contributed by atoms with Crippen LogP contribution in [-0.2, 0) is 23.7 Å². The highest BCUT2D eigenvalue weighted by Crippen LogP contribution is 2.29. The van der Waals surface area contributed by atoms with Crippen molar-refractivity contribution < 1.29 is 33.3 Å². The molecule has 0 spiro atoms. The number of aldehydes is 1. The van der Waals surface area contributed by atoms with Gasteiger partial charge in [-0.25, -0.2) is 0 Å². The van der Waals surface area contributed by atoms with Crippen LogP contribution in [0.15, 0.2) is 18.2 Å². The number of anilines is 1.